The minimum atomic E-state index is -0.459. The Labute approximate surface area is 145 Å². The maximum Gasteiger partial charge on any atom is 0.269 e. The Morgan fingerprint density at radius 3 is 2.04 bits per heavy atom. The van der Waals surface area contributed by atoms with E-state index in [1.807, 2.05) is 20.8 Å². The number of allylic oxidation sites excluding steroid dienone is 1. The summed E-state index contributed by atoms with van der Waals surface area (Å²) in [7, 11) is 0. The Morgan fingerprint density at radius 2 is 1.60 bits per heavy atom. The molecule has 0 amide bonds. The molecule has 2 N–H and O–H groups in total. The molecule has 0 heterocycles. The molecule has 25 heavy (non-hydrogen) atoms. The minimum Gasteiger partial charge on any atom is -0.404 e. The minimum absolute atomic E-state index is 0.00351. The van der Waals surface area contributed by atoms with Gasteiger partial charge in [-0.2, -0.15) is 0 Å². The molecule has 0 aliphatic rings. The van der Waals surface area contributed by atoms with Gasteiger partial charge in [0.2, 0.25) is 0 Å². The molecule has 2 rings (SSSR count). The van der Waals surface area contributed by atoms with Gasteiger partial charge in [0.05, 0.1) is 16.2 Å². The smallest absolute Gasteiger partial charge is 0.269 e. The van der Waals surface area contributed by atoms with Crippen LogP contribution in [0.25, 0.3) is 5.57 Å². The predicted molar refractivity (Wildman–Crippen MR) is 98.0 cm³/mol. The van der Waals surface area contributed by atoms with Crippen LogP contribution >= 0.6 is 0 Å². The number of non-ortho nitro benzene ring substituents is 1. The third kappa shape index (κ3) is 4.73. The molecule has 5 nitrogen and oxygen atoms in total. The van der Waals surface area contributed by atoms with Crippen molar-refractivity contribution in [2.24, 2.45) is 10.7 Å². The fourth-order valence-electron chi connectivity index (χ4n) is 2.30. The zero-order chi connectivity index (χ0) is 18.6. The van der Waals surface area contributed by atoms with Gasteiger partial charge in [-0.15, -0.1) is 0 Å². The van der Waals surface area contributed by atoms with Crippen molar-refractivity contribution in [1.82, 2.24) is 0 Å². The summed E-state index contributed by atoms with van der Waals surface area (Å²) in [6.45, 7) is 5.83. The van der Waals surface area contributed by atoms with Crippen molar-refractivity contribution >= 4 is 17.0 Å². The van der Waals surface area contributed by atoms with Crippen molar-refractivity contribution in [3.8, 4) is 0 Å². The standard InChI is InChI=1S/C19H20FN3O2/c1-19(2,3)22-18(14-4-8-15(20)9-5-14)17(12-21)13-6-10-16(11-7-13)23(24)25/h4-12H,21H2,1-3H3. The molecule has 2 aromatic rings. The van der Waals surface area contributed by atoms with Crippen molar-refractivity contribution in [1.29, 1.82) is 0 Å². The van der Waals surface area contributed by atoms with E-state index in [1.165, 1.54) is 30.5 Å². The van der Waals surface area contributed by atoms with E-state index in [0.717, 1.165) is 0 Å². The number of nitrogens with zero attached hydrogens (tertiary/aromatic N) is 2. The van der Waals surface area contributed by atoms with Crippen LogP contribution in [-0.4, -0.2) is 16.2 Å². The summed E-state index contributed by atoms with van der Waals surface area (Å²) in [6, 6.07) is 12.1. The summed E-state index contributed by atoms with van der Waals surface area (Å²) in [4.78, 5) is 15.1. The first-order chi connectivity index (χ1) is 11.7. The second-order valence-corrected chi connectivity index (χ2v) is 6.52. The zero-order valence-electron chi connectivity index (χ0n) is 14.4. The second kappa shape index (κ2) is 7.25. The van der Waals surface area contributed by atoms with Gasteiger partial charge in [-0.3, -0.25) is 15.1 Å². The van der Waals surface area contributed by atoms with Gasteiger partial charge in [0.25, 0.3) is 5.69 Å². The van der Waals surface area contributed by atoms with E-state index in [0.29, 0.717) is 22.4 Å². The fraction of sp³-hybridized carbons (Fsp3) is 0.211. The molecular weight excluding hydrogens is 321 g/mol. The lowest BCUT2D eigenvalue weighted by Crippen LogP contribution is -2.17. The number of aliphatic imine (C=N–C) groups is 1. The highest BCUT2D eigenvalue weighted by Gasteiger charge is 2.18. The molecule has 6 heteroatoms. The molecule has 0 aromatic heterocycles. The SMILES string of the molecule is CC(C)(C)N=C(C(=CN)c1ccc([N+](=O)[O-])cc1)c1ccc(F)cc1. The molecule has 0 saturated heterocycles. The first-order valence-corrected chi connectivity index (χ1v) is 7.74. The van der Waals surface area contributed by atoms with Crippen LogP contribution in [0.5, 0.6) is 0 Å². The summed E-state index contributed by atoms with van der Waals surface area (Å²) < 4.78 is 13.3. The lowest BCUT2D eigenvalue weighted by Gasteiger charge is -2.19. The van der Waals surface area contributed by atoms with Crippen LogP contribution in [0.4, 0.5) is 10.1 Å². The van der Waals surface area contributed by atoms with Crippen molar-refractivity contribution < 1.29 is 9.31 Å². The highest BCUT2D eigenvalue weighted by molar-refractivity contribution is 6.31. The van der Waals surface area contributed by atoms with Crippen molar-refractivity contribution in [2.45, 2.75) is 26.3 Å². The van der Waals surface area contributed by atoms with Crippen LogP contribution in [0.15, 0.2) is 59.7 Å². The highest BCUT2D eigenvalue weighted by atomic mass is 19.1. The van der Waals surface area contributed by atoms with Crippen LogP contribution in [-0.2, 0) is 0 Å². The van der Waals surface area contributed by atoms with Gasteiger partial charge in [-0.25, -0.2) is 4.39 Å². The van der Waals surface area contributed by atoms with E-state index in [9.17, 15) is 14.5 Å². The number of nitro benzene ring substituents is 1. The number of halogens is 1. The molecule has 0 aliphatic heterocycles. The monoisotopic (exact) mass is 341 g/mol. The predicted octanol–water partition coefficient (Wildman–Crippen LogP) is 4.32. The van der Waals surface area contributed by atoms with Gasteiger partial charge in [-0.05, 0) is 62.7 Å². The molecule has 0 aliphatic carbocycles. The fourth-order valence-corrected chi connectivity index (χ4v) is 2.30. The topological polar surface area (TPSA) is 81.5 Å². The van der Waals surface area contributed by atoms with Crippen LogP contribution < -0.4 is 5.73 Å². The third-order valence-corrected chi connectivity index (χ3v) is 3.38. The Morgan fingerprint density at radius 1 is 1.08 bits per heavy atom. The summed E-state index contributed by atoms with van der Waals surface area (Å²) >= 11 is 0. The first-order valence-electron chi connectivity index (χ1n) is 7.74. The lowest BCUT2D eigenvalue weighted by atomic mass is 9.95. The van der Waals surface area contributed by atoms with Gasteiger partial charge >= 0.3 is 0 Å². The highest BCUT2D eigenvalue weighted by Crippen LogP contribution is 2.25. The summed E-state index contributed by atoms with van der Waals surface area (Å²) in [5, 5.41) is 10.8. The normalized spacial score (nSPS) is 13.0. The molecule has 0 saturated carbocycles. The number of benzene rings is 2. The quantitative estimate of drug-likeness (QED) is 0.511. The Hall–Kier alpha value is -3.02. The van der Waals surface area contributed by atoms with Crippen LogP contribution in [0, 0.1) is 15.9 Å². The van der Waals surface area contributed by atoms with E-state index in [1.54, 1.807) is 24.3 Å². The largest absolute Gasteiger partial charge is 0.404 e. The summed E-state index contributed by atoms with van der Waals surface area (Å²) in [5.74, 6) is -0.340. The van der Waals surface area contributed by atoms with Crippen LogP contribution in [0.2, 0.25) is 0 Å². The van der Waals surface area contributed by atoms with Crippen molar-refractivity contribution in [2.75, 3.05) is 0 Å². The molecule has 0 radical (unpaired) electrons. The van der Waals surface area contributed by atoms with Gasteiger partial charge < -0.3 is 5.73 Å². The average Bonchev–Trinajstić information content (AvgIpc) is 2.55. The molecular formula is C19H20FN3O2. The van der Waals surface area contributed by atoms with Crippen molar-refractivity contribution in [3.63, 3.8) is 0 Å². The van der Waals surface area contributed by atoms with Crippen molar-refractivity contribution in [3.05, 3.63) is 81.8 Å². The molecule has 0 bridgehead atoms. The van der Waals surface area contributed by atoms with Gasteiger partial charge in [0.15, 0.2) is 0 Å². The Kier molecular flexibility index (Phi) is 5.32. The third-order valence-electron chi connectivity index (χ3n) is 3.38. The number of nitrogens with two attached hydrogens (primary N) is 1. The molecule has 0 unspecified atom stereocenters. The van der Waals surface area contributed by atoms with Gasteiger partial charge in [0.1, 0.15) is 5.82 Å². The van der Waals surface area contributed by atoms with E-state index >= 15 is 0 Å². The van der Waals surface area contributed by atoms with E-state index < -0.39 is 10.5 Å². The van der Waals surface area contributed by atoms with E-state index in [-0.39, 0.29) is 11.5 Å². The summed E-state index contributed by atoms with van der Waals surface area (Å²) in [5.41, 5.74) is 8.08. The van der Waals surface area contributed by atoms with E-state index in [4.69, 9.17) is 10.7 Å². The first kappa shape index (κ1) is 18.3. The van der Waals surface area contributed by atoms with Gasteiger partial charge in [0, 0.05) is 29.5 Å². The zero-order valence-corrected chi connectivity index (χ0v) is 14.4. The molecule has 0 atom stereocenters. The summed E-state index contributed by atoms with van der Waals surface area (Å²) in [6.07, 6.45) is 1.41. The Bertz CT molecular complexity index is 817. The van der Waals surface area contributed by atoms with E-state index in [2.05, 4.69) is 0 Å². The number of hydrogen-bond acceptors (Lipinski definition) is 4. The Balaban J connectivity index is 2.56. The van der Waals surface area contributed by atoms with Gasteiger partial charge in [-0.1, -0.05) is 0 Å². The van der Waals surface area contributed by atoms with Crippen LogP contribution in [0.3, 0.4) is 0 Å². The average molecular weight is 341 g/mol. The molecule has 2 aromatic carbocycles. The molecule has 130 valence electrons. The second-order valence-electron chi connectivity index (χ2n) is 6.52. The molecule has 0 fully saturated rings. The number of rotatable bonds is 4. The maximum atomic E-state index is 13.3. The maximum absolute atomic E-state index is 13.3. The molecule has 0 spiro atoms. The lowest BCUT2D eigenvalue weighted by molar-refractivity contribution is -0.384. The van der Waals surface area contributed by atoms with Crippen LogP contribution in [0.1, 0.15) is 31.9 Å². The number of hydrogen-bond donors (Lipinski definition) is 1. The number of nitro groups is 1.